The van der Waals surface area contributed by atoms with E-state index in [0.717, 1.165) is 16.6 Å². The lowest BCUT2D eigenvalue weighted by molar-refractivity contribution is 0.932. The van der Waals surface area contributed by atoms with Gasteiger partial charge in [-0.15, -0.1) is 0 Å². The van der Waals surface area contributed by atoms with E-state index in [4.69, 9.17) is 22.6 Å². The van der Waals surface area contributed by atoms with E-state index in [2.05, 4.69) is 15.0 Å². The van der Waals surface area contributed by atoms with Crippen molar-refractivity contribution in [2.45, 2.75) is 17.3 Å². The van der Waals surface area contributed by atoms with Crippen molar-refractivity contribution in [1.82, 2.24) is 19.5 Å². The van der Waals surface area contributed by atoms with E-state index >= 15 is 0 Å². The minimum atomic E-state index is -0.0102. The number of anilines is 1. The molecule has 2 N–H and O–H groups in total. The van der Waals surface area contributed by atoms with Crippen LogP contribution < -0.4 is 5.73 Å². The van der Waals surface area contributed by atoms with E-state index in [9.17, 15) is 0 Å². The number of halogens is 1. The highest BCUT2D eigenvalue weighted by molar-refractivity contribution is 7.99. The van der Waals surface area contributed by atoms with Gasteiger partial charge >= 0.3 is 0 Å². The van der Waals surface area contributed by atoms with Crippen molar-refractivity contribution in [3.63, 3.8) is 0 Å². The zero-order valence-electron chi connectivity index (χ0n) is 12.5. The summed E-state index contributed by atoms with van der Waals surface area (Å²) in [4.78, 5) is 12.8. The van der Waals surface area contributed by atoms with Crippen LogP contribution in [0.4, 0.5) is 5.82 Å². The molecule has 0 aliphatic carbocycles. The lowest BCUT2D eigenvalue weighted by Crippen LogP contribution is -2.00. The fraction of sp³-hybridized carbons (Fsp3) is 0.200. The summed E-state index contributed by atoms with van der Waals surface area (Å²) in [6.07, 6.45) is 3.66. The van der Waals surface area contributed by atoms with Crippen LogP contribution in [0.1, 0.15) is 23.6 Å². The van der Waals surface area contributed by atoms with Gasteiger partial charge in [0.2, 0.25) is 0 Å². The number of hydrogen-bond acceptors (Lipinski definition) is 6. The van der Waals surface area contributed by atoms with Crippen LogP contribution in [0.15, 0.2) is 29.7 Å². The van der Waals surface area contributed by atoms with Gasteiger partial charge < -0.3 is 10.3 Å². The number of nitrogen functional groups attached to an aromatic ring is 1. The molecule has 0 aliphatic rings. The molecular formula is C15H13ClN6S. The van der Waals surface area contributed by atoms with Crippen molar-refractivity contribution in [1.29, 1.82) is 5.26 Å². The third kappa shape index (κ3) is 3.09. The fourth-order valence-corrected chi connectivity index (χ4v) is 3.41. The molecular weight excluding hydrogens is 332 g/mol. The van der Waals surface area contributed by atoms with Crippen molar-refractivity contribution in [3.05, 3.63) is 40.9 Å². The van der Waals surface area contributed by atoms with E-state index < -0.39 is 0 Å². The van der Waals surface area contributed by atoms with Crippen molar-refractivity contribution in [2.75, 3.05) is 5.73 Å². The molecule has 8 heteroatoms. The Bertz CT molecular complexity index is 930. The lowest BCUT2D eigenvalue weighted by atomic mass is 10.2. The van der Waals surface area contributed by atoms with Crippen molar-refractivity contribution >= 4 is 40.1 Å². The summed E-state index contributed by atoms with van der Waals surface area (Å²) >= 11 is 7.64. The molecule has 0 saturated carbocycles. The summed E-state index contributed by atoms with van der Waals surface area (Å²) in [5.74, 6) is 0.278. The summed E-state index contributed by atoms with van der Waals surface area (Å²) < 4.78 is 1.94. The first-order valence-corrected chi connectivity index (χ1v) is 8.05. The first kappa shape index (κ1) is 15.6. The lowest BCUT2D eigenvalue weighted by Gasteiger charge is -2.10. The molecule has 0 aromatic carbocycles. The molecule has 3 heterocycles. The molecule has 0 amide bonds. The highest BCUT2D eigenvalue weighted by Crippen LogP contribution is 2.34. The Morgan fingerprint density at radius 3 is 2.91 bits per heavy atom. The first-order chi connectivity index (χ1) is 11.0. The van der Waals surface area contributed by atoms with Crippen LogP contribution in [0.3, 0.4) is 0 Å². The fourth-order valence-electron chi connectivity index (χ4n) is 2.24. The molecule has 1 atom stereocenters. The number of fused-ring (bicyclic) bond motifs is 1. The van der Waals surface area contributed by atoms with Gasteiger partial charge in [0.25, 0.3) is 0 Å². The van der Waals surface area contributed by atoms with Crippen LogP contribution in [0.25, 0.3) is 10.9 Å². The van der Waals surface area contributed by atoms with Gasteiger partial charge in [0, 0.05) is 24.7 Å². The Morgan fingerprint density at radius 1 is 1.39 bits per heavy atom. The second-order valence-electron chi connectivity index (χ2n) is 5.05. The Balaban J connectivity index is 1.91. The number of pyridine rings is 1. The number of nitrogens with two attached hydrogens (primary N) is 1. The molecule has 3 aromatic rings. The minimum absolute atomic E-state index is 0.0102. The summed E-state index contributed by atoms with van der Waals surface area (Å²) in [5.41, 5.74) is 7.78. The monoisotopic (exact) mass is 344 g/mol. The van der Waals surface area contributed by atoms with Crippen LogP contribution in [0.2, 0.25) is 5.02 Å². The number of aromatic nitrogens is 4. The molecule has 0 radical (unpaired) electrons. The summed E-state index contributed by atoms with van der Waals surface area (Å²) in [5, 5.41) is 11.0. The molecule has 0 saturated heterocycles. The number of hydrogen-bond donors (Lipinski definition) is 1. The van der Waals surface area contributed by atoms with E-state index in [1.807, 2.05) is 36.9 Å². The first-order valence-electron chi connectivity index (χ1n) is 6.79. The summed E-state index contributed by atoms with van der Waals surface area (Å²) in [7, 11) is 1.93. The molecule has 3 aromatic heterocycles. The normalized spacial score (nSPS) is 12.3. The second kappa shape index (κ2) is 6.07. The predicted octanol–water partition coefficient (Wildman–Crippen LogP) is 3.32. The molecule has 0 spiro atoms. The van der Waals surface area contributed by atoms with Gasteiger partial charge in [-0.1, -0.05) is 23.4 Å². The van der Waals surface area contributed by atoms with Gasteiger partial charge in [-0.3, -0.25) is 4.98 Å². The van der Waals surface area contributed by atoms with Crippen molar-refractivity contribution < 1.29 is 0 Å². The standard InChI is InChI=1S/C15H13ClN6S/c1-8(23-15-20-9(5-17)3-14(18)21-15)12-4-10-11(16)7-22(2)13(10)6-19-12/h3-4,6-8H,1-2H3,(H2,18,20,21). The van der Waals surface area contributed by atoms with E-state index in [1.165, 1.54) is 17.8 Å². The predicted molar refractivity (Wildman–Crippen MR) is 91.2 cm³/mol. The SMILES string of the molecule is CC(Sc1nc(N)cc(C#N)n1)c1cc2c(Cl)cn(C)c2cn1. The van der Waals surface area contributed by atoms with E-state index in [0.29, 0.717) is 10.2 Å². The average Bonchev–Trinajstić information content (AvgIpc) is 2.81. The Morgan fingerprint density at radius 2 is 2.17 bits per heavy atom. The molecule has 1 unspecified atom stereocenters. The quantitative estimate of drug-likeness (QED) is 0.578. The zero-order chi connectivity index (χ0) is 16.6. The van der Waals surface area contributed by atoms with Gasteiger partial charge in [0.15, 0.2) is 5.16 Å². The van der Waals surface area contributed by atoms with Crippen LogP contribution in [0.5, 0.6) is 0 Å². The largest absolute Gasteiger partial charge is 0.384 e. The van der Waals surface area contributed by atoms with E-state index in [-0.39, 0.29) is 16.8 Å². The number of nitrogens with zero attached hydrogens (tertiary/aromatic N) is 5. The minimum Gasteiger partial charge on any atom is -0.384 e. The summed E-state index contributed by atoms with van der Waals surface area (Å²) in [6.45, 7) is 1.99. The second-order valence-corrected chi connectivity index (χ2v) is 6.76. The molecule has 0 bridgehead atoms. The Hall–Kier alpha value is -2.30. The Kier molecular flexibility index (Phi) is 4.11. The smallest absolute Gasteiger partial charge is 0.191 e. The van der Waals surface area contributed by atoms with Gasteiger partial charge in [0.1, 0.15) is 17.6 Å². The van der Waals surface area contributed by atoms with Gasteiger partial charge in [-0.05, 0) is 13.0 Å². The molecule has 0 aliphatic heterocycles. The zero-order valence-corrected chi connectivity index (χ0v) is 14.1. The summed E-state index contributed by atoms with van der Waals surface area (Å²) in [6, 6.07) is 5.39. The maximum absolute atomic E-state index is 8.95. The van der Waals surface area contributed by atoms with Crippen LogP contribution in [-0.4, -0.2) is 19.5 Å². The van der Waals surface area contributed by atoms with Gasteiger partial charge in [-0.25, -0.2) is 9.97 Å². The molecule has 0 fully saturated rings. The average molecular weight is 345 g/mol. The van der Waals surface area contributed by atoms with Crippen LogP contribution in [-0.2, 0) is 7.05 Å². The molecule has 23 heavy (non-hydrogen) atoms. The molecule has 116 valence electrons. The maximum atomic E-state index is 8.95. The number of aryl methyl sites for hydroxylation is 1. The number of rotatable bonds is 3. The highest BCUT2D eigenvalue weighted by Gasteiger charge is 2.15. The van der Waals surface area contributed by atoms with Crippen molar-refractivity contribution in [2.24, 2.45) is 7.05 Å². The topological polar surface area (TPSA) is 93.4 Å². The van der Waals surface area contributed by atoms with Crippen molar-refractivity contribution in [3.8, 4) is 6.07 Å². The van der Waals surface area contributed by atoms with E-state index in [1.54, 1.807) is 6.20 Å². The van der Waals surface area contributed by atoms with Crippen LogP contribution >= 0.6 is 23.4 Å². The molecule has 6 nitrogen and oxygen atoms in total. The number of thioether (sulfide) groups is 1. The molecule has 3 rings (SSSR count). The highest BCUT2D eigenvalue weighted by atomic mass is 35.5. The Labute approximate surface area is 142 Å². The third-order valence-electron chi connectivity index (χ3n) is 3.39. The van der Waals surface area contributed by atoms with Gasteiger partial charge in [0.05, 0.1) is 27.7 Å². The van der Waals surface area contributed by atoms with Gasteiger partial charge in [-0.2, -0.15) is 5.26 Å². The van der Waals surface area contributed by atoms with Crippen LogP contribution in [0, 0.1) is 11.3 Å². The maximum Gasteiger partial charge on any atom is 0.191 e. The number of nitriles is 1. The third-order valence-corrected chi connectivity index (χ3v) is 4.68.